The lowest BCUT2D eigenvalue weighted by molar-refractivity contribution is -0.116. The lowest BCUT2D eigenvalue weighted by atomic mass is 10.2. The first-order chi connectivity index (χ1) is 13.8. The Kier molecular flexibility index (Phi) is 7.36. The van der Waals surface area contributed by atoms with E-state index in [0.29, 0.717) is 11.4 Å². The molecule has 0 heterocycles. The van der Waals surface area contributed by atoms with Gasteiger partial charge in [-0.15, -0.1) is 6.42 Å². The van der Waals surface area contributed by atoms with Crippen LogP contribution in [0.15, 0.2) is 53.4 Å². The average Bonchev–Trinajstić information content (AvgIpc) is 2.72. The number of methoxy groups -OCH3 is 1. The largest absolute Gasteiger partial charge is 0.497 e. The average molecular weight is 415 g/mol. The third-order valence-electron chi connectivity index (χ3n) is 3.86. The minimum Gasteiger partial charge on any atom is -0.497 e. The number of benzene rings is 2. The number of terminal acetylenes is 1. The van der Waals surface area contributed by atoms with E-state index in [0.717, 1.165) is 0 Å². The summed E-state index contributed by atoms with van der Waals surface area (Å²) in [6, 6.07) is 12.3. The quantitative estimate of drug-likeness (QED) is 0.633. The molecule has 2 N–H and O–H groups in total. The number of likely N-dealkylation sites (N-methyl/N-ethyl adjacent to an activating group) is 1. The summed E-state index contributed by atoms with van der Waals surface area (Å²) in [5.41, 5.74) is 0.692. The molecule has 0 fully saturated rings. The third kappa shape index (κ3) is 6.07. The predicted octanol–water partition coefficient (Wildman–Crippen LogP) is 1.32. The maximum atomic E-state index is 12.6. The number of sulfonamides is 1. The van der Waals surface area contributed by atoms with Crippen LogP contribution in [0.4, 0.5) is 5.69 Å². The molecular weight excluding hydrogens is 394 g/mol. The Morgan fingerprint density at radius 1 is 1.17 bits per heavy atom. The standard InChI is InChI=1S/C20H21N3O5S/c1-4-12-21-29(26,27)18-7-5-6-15(13-18)20(25)23(2)14-19(24)22-16-8-10-17(28-3)11-9-16/h1,5-11,13,21H,12,14H2,2-3H3,(H,22,24). The third-order valence-corrected chi connectivity index (χ3v) is 5.26. The SMILES string of the molecule is C#CCNS(=O)(=O)c1cccc(C(=O)N(C)CC(=O)Nc2ccc(OC)cc2)c1. The molecule has 0 saturated heterocycles. The number of hydrogen-bond donors (Lipinski definition) is 2. The highest BCUT2D eigenvalue weighted by atomic mass is 32.2. The van der Waals surface area contributed by atoms with Gasteiger partial charge in [0, 0.05) is 18.3 Å². The van der Waals surface area contributed by atoms with Crippen LogP contribution >= 0.6 is 0 Å². The Balaban J connectivity index is 2.04. The fourth-order valence-electron chi connectivity index (χ4n) is 2.40. The van der Waals surface area contributed by atoms with Crippen molar-refractivity contribution >= 4 is 27.5 Å². The van der Waals surface area contributed by atoms with Crippen molar-refractivity contribution in [3.05, 3.63) is 54.1 Å². The van der Waals surface area contributed by atoms with E-state index in [9.17, 15) is 18.0 Å². The Bertz CT molecular complexity index is 1030. The van der Waals surface area contributed by atoms with E-state index in [4.69, 9.17) is 11.2 Å². The fraction of sp³-hybridized carbons (Fsp3) is 0.200. The molecule has 0 radical (unpaired) electrons. The smallest absolute Gasteiger partial charge is 0.254 e. The molecule has 29 heavy (non-hydrogen) atoms. The van der Waals surface area contributed by atoms with Crippen LogP contribution in [-0.4, -0.2) is 52.4 Å². The molecule has 0 aromatic heterocycles. The molecule has 2 aromatic carbocycles. The summed E-state index contributed by atoms with van der Waals surface area (Å²) in [7, 11) is -0.833. The van der Waals surface area contributed by atoms with Crippen LogP contribution < -0.4 is 14.8 Å². The molecule has 0 saturated carbocycles. The van der Waals surface area contributed by atoms with E-state index in [1.54, 1.807) is 31.4 Å². The van der Waals surface area contributed by atoms with Crippen LogP contribution in [0.5, 0.6) is 5.75 Å². The summed E-state index contributed by atoms with van der Waals surface area (Å²) < 4.78 is 31.6. The molecule has 0 spiro atoms. The maximum Gasteiger partial charge on any atom is 0.254 e. The number of hydrogen-bond acceptors (Lipinski definition) is 5. The topological polar surface area (TPSA) is 105 Å². The van der Waals surface area contributed by atoms with Crippen LogP contribution in [0.2, 0.25) is 0 Å². The van der Waals surface area contributed by atoms with Crippen molar-refractivity contribution in [2.45, 2.75) is 4.90 Å². The summed E-state index contributed by atoms with van der Waals surface area (Å²) >= 11 is 0. The summed E-state index contributed by atoms with van der Waals surface area (Å²) in [4.78, 5) is 25.9. The van der Waals surface area contributed by atoms with Crippen molar-refractivity contribution in [2.75, 3.05) is 32.6 Å². The highest BCUT2D eigenvalue weighted by Crippen LogP contribution is 2.15. The number of rotatable bonds is 8. The number of carbonyl (C=O) groups excluding carboxylic acids is 2. The molecule has 2 rings (SSSR count). The van der Waals surface area contributed by atoms with Crippen LogP contribution in [-0.2, 0) is 14.8 Å². The summed E-state index contributed by atoms with van der Waals surface area (Å²) in [5, 5.41) is 2.68. The second-order valence-electron chi connectivity index (χ2n) is 5.99. The Labute approximate surface area is 169 Å². The van der Waals surface area contributed by atoms with Crippen molar-refractivity contribution in [1.29, 1.82) is 0 Å². The maximum absolute atomic E-state index is 12.6. The first-order valence-corrected chi connectivity index (χ1v) is 9.97. The molecule has 0 unspecified atom stereocenters. The number of carbonyl (C=O) groups is 2. The van der Waals surface area contributed by atoms with Gasteiger partial charge in [-0.1, -0.05) is 12.0 Å². The summed E-state index contributed by atoms with van der Waals surface area (Å²) in [5.74, 6) is 1.94. The van der Waals surface area contributed by atoms with Crippen LogP contribution in [0, 0.1) is 12.3 Å². The van der Waals surface area contributed by atoms with Gasteiger partial charge >= 0.3 is 0 Å². The van der Waals surface area contributed by atoms with Gasteiger partial charge in [-0.25, -0.2) is 8.42 Å². The molecule has 152 valence electrons. The van der Waals surface area contributed by atoms with Crippen molar-refractivity contribution < 1.29 is 22.7 Å². The Morgan fingerprint density at radius 2 is 1.86 bits per heavy atom. The van der Waals surface area contributed by atoms with Crippen LogP contribution in [0.25, 0.3) is 0 Å². The molecule has 0 bridgehead atoms. The Morgan fingerprint density at radius 3 is 2.48 bits per heavy atom. The molecule has 0 aliphatic heterocycles. The minimum absolute atomic E-state index is 0.0883. The van der Waals surface area contributed by atoms with Crippen molar-refractivity contribution in [3.63, 3.8) is 0 Å². The molecule has 0 atom stereocenters. The van der Waals surface area contributed by atoms with E-state index >= 15 is 0 Å². The predicted molar refractivity (Wildman–Crippen MR) is 109 cm³/mol. The zero-order valence-corrected chi connectivity index (χ0v) is 16.8. The second-order valence-corrected chi connectivity index (χ2v) is 7.76. The van der Waals surface area contributed by atoms with Gasteiger partial charge in [0.2, 0.25) is 15.9 Å². The molecule has 2 amide bonds. The lowest BCUT2D eigenvalue weighted by Gasteiger charge is -2.17. The molecule has 9 heteroatoms. The number of anilines is 1. The van der Waals surface area contributed by atoms with Gasteiger partial charge in [0.25, 0.3) is 5.91 Å². The number of nitrogens with zero attached hydrogens (tertiary/aromatic N) is 1. The first kappa shape index (κ1) is 21.9. The monoisotopic (exact) mass is 415 g/mol. The fourth-order valence-corrected chi connectivity index (χ4v) is 3.38. The summed E-state index contributed by atoms with van der Waals surface area (Å²) in [6.07, 6.45) is 5.07. The highest BCUT2D eigenvalue weighted by Gasteiger charge is 2.19. The van der Waals surface area contributed by atoms with Crippen molar-refractivity contribution in [3.8, 4) is 18.1 Å². The van der Waals surface area contributed by atoms with Gasteiger partial charge in [-0.05, 0) is 42.5 Å². The van der Waals surface area contributed by atoms with E-state index in [1.165, 1.54) is 36.2 Å². The van der Waals surface area contributed by atoms with Gasteiger partial charge in [0.1, 0.15) is 5.75 Å². The molecule has 0 aliphatic rings. The van der Waals surface area contributed by atoms with Gasteiger partial charge in [-0.3, -0.25) is 9.59 Å². The Hall–Kier alpha value is -3.35. The zero-order valence-electron chi connectivity index (χ0n) is 16.0. The normalized spacial score (nSPS) is 10.7. The van der Waals surface area contributed by atoms with Crippen molar-refractivity contribution in [2.24, 2.45) is 0 Å². The second kappa shape index (κ2) is 9.73. The van der Waals surface area contributed by atoms with E-state index in [1.807, 2.05) is 0 Å². The van der Waals surface area contributed by atoms with Gasteiger partial charge in [-0.2, -0.15) is 4.72 Å². The molecule has 0 aliphatic carbocycles. The number of amides is 2. The summed E-state index contributed by atoms with van der Waals surface area (Å²) in [6.45, 7) is -0.372. The van der Waals surface area contributed by atoms with Crippen LogP contribution in [0.3, 0.4) is 0 Å². The highest BCUT2D eigenvalue weighted by molar-refractivity contribution is 7.89. The minimum atomic E-state index is -3.83. The van der Waals surface area contributed by atoms with Gasteiger partial charge in [0.15, 0.2) is 0 Å². The molecular formula is C20H21N3O5S. The number of ether oxygens (including phenoxy) is 1. The lowest BCUT2D eigenvalue weighted by Crippen LogP contribution is -2.35. The van der Waals surface area contributed by atoms with Gasteiger partial charge in [0.05, 0.1) is 25.1 Å². The van der Waals surface area contributed by atoms with E-state index in [2.05, 4.69) is 16.0 Å². The van der Waals surface area contributed by atoms with Crippen LogP contribution in [0.1, 0.15) is 10.4 Å². The van der Waals surface area contributed by atoms with Crippen molar-refractivity contribution in [1.82, 2.24) is 9.62 Å². The van der Waals surface area contributed by atoms with Gasteiger partial charge < -0.3 is 15.0 Å². The van der Waals surface area contributed by atoms with E-state index in [-0.39, 0.29) is 23.5 Å². The molecule has 2 aromatic rings. The number of nitrogens with one attached hydrogen (secondary N) is 2. The first-order valence-electron chi connectivity index (χ1n) is 8.49. The molecule has 8 nitrogen and oxygen atoms in total. The zero-order chi connectivity index (χ0) is 21.4. The van der Waals surface area contributed by atoms with E-state index < -0.39 is 21.8 Å².